The Bertz CT molecular complexity index is 1300. The molecule has 0 unspecified atom stereocenters. The molecule has 2 heterocycles. The van der Waals surface area contributed by atoms with Crippen LogP contribution in [0, 0.1) is 6.07 Å². The van der Waals surface area contributed by atoms with Crippen molar-refractivity contribution in [3.63, 3.8) is 0 Å². The summed E-state index contributed by atoms with van der Waals surface area (Å²) in [5, 5.41) is 8.85. The van der Waals surface area contributed by atoms with Crippen LogP contribution < -0.4 is 45.8 Å². The van der Waals surface area contributed by atoms with E-state index in [0.29, 0.717) is 5.70 Å². The molecule has 0 aliphatic carbocycles. The first-order valence-corrected chi connectivity index (χ1v) is 10.8. The molecule has 0 saturated carbocycles. The Morgan fingerprint density at radius 2 is 1.47 bits per heavy atom. The number of benzene rings is 3. The van der Waals surface area contributed by atoms with Crippen LogP contribution in [0.25, 0.3) is 22.9 Å². The average molecular weight is 490 g/mol. The summed E-state index contributed by atoms with van der Waals surface area (Å²) < 4.78 is 2.08. The Balaban J connectivity index is 0.000000674. The van der Waals surface area contributed by atoms with E-state index in [1.165, 1.54) is 5.23 Å². The maximum Gasteiger partial charge on any atom is 1.00 e. The molecule has 4 aromatic rings. The number of carboxylic acid groups (broad SMARTS) is 1. The molecule has 1 saturated heterocycles. The summed E-state index contributed by atoms with van der Waals surface area (Å²) in [5.41, 5.74) is 14.4. The van der Waals surface area contributed by atoms with Crippen molar-refractivity contribution in [1.82, 2.24) is 20.6 Å². The summed E-state index contributed by atoms with van der Waals surface area (Å²) in [5.74, 6) is -1.04. The third kappa shape index (κ3) is 7.34. The Hall–Kier alpha value is -3.82. The minimum atomic E-state index is -0.833. The first kappa shape index (κ1) is 26.8. The molecule has 1 fully saturated rings. The van der Waals surface area contributed by atoms with Gasteiger partial charge in [0, 0.05) is 25.0 Å². The van der Waals surface area contributed by atoms with E-state index in [9.17, 15) is 4.79 Å². The minimum Gasteiger partial charge on any atom is -0.481 e. The quantitative estimate of drug-likeness (QED) is 0.192. The van der Waals surface area contributed by atoms with Crippen molar-refractivity contribution in [2.45, 2.75) is 6.92 Å². The summed E-state index contributed by atoms with van der Waals surface area (Å²) in [6, 6.07) is 30.8. The number of rotatable bonds is 5. The molecule has 8 nitrogen and oxygen atoms in total. The molecule has 36 heavy (non-hydrogen) atoms. The van der Waals surface area contributed by atoms with Gasteiger partial charge < -0.3 is 15.1 Å². The van der Waals surface area contributed by atoms with E-state index < -0.39 is 5.97 Å². The average Bonchev–Trinajstić information content (AvgIpc) is 3.50. The number of nitrogens with zero attached hydrogens (tertiary/aromatic N) is 2. The monoisotopic (exact) mass is 489 g/mol. The number of hydrogen-bond donors (Lipinski definition) is 4. The molecule has 3 aromatic carbocycles. The molecule has 0 radical (unpaired) electrons. The summed E-state index contributed by atoms with van der Waals surface area (Å²) >= 11 is 0. The van der Waals surface area contributed by atoms with Crippen LogP contribution in [-0.2, 0) is 9.59 Å². The topological polar surface area (TPSA) is 98.6 Å². The van der Waals surface area contributed by atoms with Gasteiger partial charge in [-0.05, 0) is 52.3 Å². The fourth-order valence-electron chi connectivity index (χ4n) is 3.38. The van der Waals surface area contributed by atoms with E-state index in [1.54, 1.807) is 12.1 Å². The van der Waals surface area contributed by atoms with Gasteiger partial charge >= 0.3 is 29.6 Å². The SMILES string of the molecule is CC(=O)O.O=C1NN(Nc2cc[c-]cc2)NC1=Cc1ccc(-c2ccc(-n3cccc3)cc2)cc1.[Na+]. The molecule has 5 rings (SSSR count). The first-order chi connectivity index (χ1) is 17.0. The third-order valence-electron chi connectivity index (χ3n) is 4.97. The van der Waals surface area contributed by atoms with E-state index >= 15 is 0 Å². The zero-order chi connectivity index (χ0) is 24.6. The maximum atomic E-state index is 12.3. The molecule has 0 bridgehead atoms. The van der Waals surface area contributed by atoms with Crippen molar-refractivity contribution < 1.29 is 44.3 Å². The Morgan fingerprint density at radius 1 is 0.917 bits per heavy atom. The van der Waals surface area contributed by atoms with Crippen molar-refractivity contribution in [2.75, 3.05) is 5.43 Å². The standard InChI is InChI=1S/C25H20N5O.C2H4O2.Na/c31-25-24(27-30(28-25)26-22-6-2-1-3-7-22)18-19-8-10-20(11-9-19)21-12-14-23(15-13-21)29-16-4-5-17-29;1-2(3)4;/h2-18,26-27H,(H,28,31);1H3,(H,3,4);/q-1;;+1. The number of nitrogens with one attached hydrogen (secondary N) is 3. The van der Waals surface area contributed by atoms with Crippen LogP contribution in [-0.4, -0.2) is 26.8 Å². The fourth-order valence-corrected chi connectivity index (χ4v) is 3.38. The van der Waals surface area contributed by atoms with Crippen LogP contribution in [0.2, 0.25) is 0 Å². The van der Waals surface area contributed by atoms with Crippen molar-refractivity contribution in [3.05, 3.63) is 115 Å². The predicted octanol–water partition coefficient (Wildman–Crippen LogP) is 1.26. The van der Waals surface area contributed by atoms with Gasteiger partial charge in [0.15, 0.2) is 0 Å². The van der Waals surface area contributed by atoms with Crippen molar-refractivity contribution in [3.8, 4) is 16.8 Å². The summed E-state index contributed by atoms with van der Waals surface area (Å²) in [6.45, 7) is 1.08. The number of carbonyl (C=O) groups excluding carboxylic acids is 1. The van der Waals surface area contributed by atoms with Gasteiger partial charge in [-0.1, -0.05) is 42.1 Å². The van der Waals surface area contributed by atoms with Gasteiger partial charge in [-0.25, -0.2) is 5.43 Å². The van der Waals surface area contributed by atoms with Crippen molar-refractivity contribution in [1.29, 1.82) is 0 Å². The molecule has 0 atom stereocenters. The van der Waals surface area contributed by atoms with Gasteiger partial charge in [0.05, 0.1) is 0 Å². The number of amides is 1. The molecular formula is C27H24N5NaO3. The number of aromatic nitrogens is 1. The Labute approximate surface area is 231 Å². The number of hydrogen-bond acceptors (Lipinski definition) is 5. The molecule has 0 spiro atoms. The minimum absolute atomic E-state index is 0. The second-order valence-electron chi connectivity index (χ2n) is 7.62. The molecule has 1 aliphatic rings. The molecule has 4 N–H and O–H groups in total. The van der Waals surface area contributed by atoms with E-state index in [0.717, 1.165) is 35.0 Å². The molecule has 1 aliphatic heterocycles. The van der Waals surface area contributed by atoms with Crippen molar-refractivity contribution in [2.24, 2.45) is 0 Å². The van der Waals surface area contributed by atoms with Gasteiger partial charge in [-0.2, -0.15) is 18.2 Å². The molecule has 1 amide bonds. The van der Waals surface area contributed by atoms with Crippen LogP contribution >= 0.6 is 0 Å². The summed E-state index contributed by atoms with van der Waals surface area (Å²) in [6.07, 6.45) is 5.87. The molecule has 1 aromatic heterocycles. The number of aliphatic carboxylic acids is 1. The number of hydrazine groups is 3. The first-order valence-electron chi connectivity index (χ1n) is 10.8. The van der Waals surface area contributed by atoms with Crippen molar-refractivity contribution >= 4 is 23.6 Å². The number of anilines is 1. The molecular weight excluding hydrogens is 465 g/mol. The smallest absolute Gasteiger partial charge is 0.481 e. The number of carboxylic acids is 1. The third-order valence-corrected chi connectivity index (χ3v) is 4.97. The normalized spacial score (nSPS) is 13.6. The van der Waals surface area contributed by atoms with E-state index in [-0.39, 0.29) is 35.5 Å². The second-order valence-corrected chi connectivity index (χ2v) is 7.62. The van der Waals surface area contributed by atoms with E-state index in [1.807, 2.05) is 54.9 Å². The predicted molar refractivity (Wildman–Crippen MR) is 135 cm³/mol. The summed E-state index contributed by atoms with van der Waals surface area (Å²) in [7, 11) is 0. The summed E-state index contributed by atoms with van der Waals surface area (Å²) in [4.78, 5) is 21.3. The maximum absolute atomic E-state index is 12.3. The van der Waals surface area contributed by atoms with Gasteiger partial charge in [0.2, 0.25) is 0 Å². The van der Waals surface area contributed by atoms with Gasteiger partial charge in [0.1, 0.15) is 5.70 Å². The zero-order valence-corrected chi connectivity index (χ0v) is 22.0. The molecule has 176 valence electrons. The van der Waals surface area contributed by atoms with Gasteiger partial charge in [0.25, 0.3) is 11.9 Å². The van der Waals surface area contributed by atoms with Crippen LogP contribution in [0.5, 0.6) is 0 Å². The van der Waals surface area contributed by atoms with Crippen LogP contribution in [0.4, 0.5) is 5.69 Å². The van der Waals surface area contributed by atoms with E-state index in [4.69, 9.17) is 9.90 Å². The van der Waals surface area contributed by atoms with E-state index in [2.05, 4.69) is 63.3 Å². The number of carbonyl (C=O) groups is 2. The Morgan fingerprint density at radius 3 is 2.06 bits per heavy atom. The Kier molecular flexibility index (Phi) is 9.49. The van der Waals surface area contributed by atoms with Crippen LogP contribution in [0.15, 0.2) is 103 Å². The van der Waals surface area contributed by atoms with Crippen LogP contribution in [0.1, 0.15) is 12.5 Å². The second kappa shape index (κ2) is 12.8. The molecule has 9 heteroatoms. The van der Waals surface area contributed by atoms with Gasteiger partial charge in [-0.3, -0.25) is 15.0 Å². The largest absolute Gasteiger partial charge is 1.00 e. The zero-order valence-electron chi connectivity index (χ0n) is 20.0. The fraction of sp³-hybridized carbons (Fsp3) is 0.0370. The van der Waals surface area contributed by atoms with Crippen LogP contribution in [0.3, 0.4) is 0 Å². The van der Waals surface area contributed by atoms with Gasteiger partial charge in [-0.15, -0.1) is 12.1 Å².